The Morgan fingerprint density at radius 2 is 1.33 bits per heavy atom. The van der Waals surface area contributed by atoms with Gasteiger partial charge in [-0.3, -0.25) is 4.57 Å². The van der Waals surface area contributed by atoms with E-state index in [4.69, 9.17) is 4.98 Å². The number of hydrogen-bond acceptors (Lipinski definition) is 1. The van der Waals surface area contributed by atoms with Gasteiger partial charge < -0.3 is 4.98 Å². The summed E-state index contributed by atoms with van der Waals surface area (Å²) in [5.41, 5.74) is 7.48. The van der Waals surface area contributed by atoms with Crippen LogP contribution < -0.4 is 0 Å². The van der Waals surface area contributed by atoms with Crippen LogP contribution in [0.2, 0.25) is 0 Å². The van der Waals surface area contributed by atoms with E-state index >= 15 is 0 Å². The van der Waals surface area contributed by atoms with E-state index in [-0.39, 0.29) is 0 Å². The Kier molecular flexibility index (Phi) is 4.93. The van der Waals surface area contributed by atoms with Crippen molar-refractivity contribution in [2.45, 2.75) is 0 Å². The van der Waals surface area contributed by atoms with E-state index in [2.05, 4.69) is 123 Å². The summed E-state index contributed by atoms with van der Waals surface area (Å²) in [5.74, 6) is 0.906. The van der Waals surface area contributed by atoms with Crippen LogP contribution in [0.15, 0.2) is 120 Å². The molecule has 0 fully saturated rings. The molecule has 4 aromatic carbocycles. The molecule has 1 N–H and O–H groups in total. The lowest BCUT2D eigenvalue weighted by molar-refractivity contribution is 1.08. The van der Waals surface area contributed by atoms with Gasteiger partial charge in [0.15, 0.2) is 0 Å². The number of fused-ring (bicyclic) bond motifs is 1. The molecule has 6 aromatic rings. The standard InChI is InChI=1S/C29H20BrN3/c30-22-16-17-26-24(18-22)25(19-31-26)29-32-27(20-10-4-1-5-11-20)28(21-12-6-2-7-13-21)33(29)23-14-8-3-9-15-23/h1-19,31H. The fourth-order valence-corrected chi connectivity index (χ4v) is 4.73. The van der Waals surface area contributed by atoms with Crippen LogP contribution >= 0.6 is 15.9 Å². The van der Waals surface area contributed by atoms with Crippen molar-refractivity contribution in [3.8, 4) is 39.6 Å². The molecule has 3 nitrogen and oxygen atoms in total. The maximum absolute atomic E-state index is 5.28. The Bertz CT molecular complexity index is 1550. The number of rotatable bonds is 4. The Hall–Kier alpha value is -3.89. The molecular weight excluding hydrogens is 470 g/mol. The van der Waals surface area contributed by atoms with Gasteiger partial charge in [0.25, 0.3) is 0 Å². The Balaban J connectivity index is 1.74. The second kappa shape index (κ2) is 8.23. The summed E-state index contributed by atoms with van der Waals surface area (Å²) >= 11 is 3.64. The molecule has 0 amide bonds. The van der Waals surface area contributed by atoms with Gasteiger partial charge in [-0.15, -0.1) is 0 Å². The molecule has 0 bridgehead atoms. The van der Waals surface area contributed by atoms with Gasteiger partial charge in [0.1, 0.15) is 5.82 Å². The highest BCUT2D eigenvalue weighted by atomic mass is 79.9. The average molecular weight is 490 g/mol. The average Bonchev–Trinajstić information content (AvgIpc) is 3.47. The third-order valence-corrected chi connectivity index (χ3v) is 6.36. The number of nitrogens with one attached hydrogen (secondary N) is 1. The molecule has 0 unspecified atom stereocenters. The second-order valence-electron chi connectivity index (χ2n) is 7.93. The number of aromatic nitrogens is 3. The Morgan fingerprint density at radius 1 is 0.697 bits per heavy atom. The number of para-hydroxylation sites is 1. The first-order chi connectivity index (χ1) is 16.3. The van der Waals surface area contributed by atoms with Gasteiger partial charge in [0.2, 0.25) is 0 Å². The summed E-state index contributed by atoms with van der Waals surface area (Å²) in [6, 6.07) is 37.7. The summed E-state index contributed by atoms with van der Waals surface area (Å²) in [6.07, 6.45) is 2.06. The number of hydrogen-bond donors (Lipinski definition) is 1. The van der Waals surface area contributed by atoms with Gasteiger partial charge in [0, 0.05) is 44.0 Å². The Morgan fingerprint density at radius 3 is 2.03 bits per heavy atom. The molecule has 0 aliphatic rings. The van der Waals surface area contributed by atoms with Gasteiger partial charge >= 0.3 is 0 Å². The van der Waals surface area contributed by atoms with E-state index in [0.29, 0.717) is 0 Å². The smallest absolute Gasteiger partial charge is 0.147 e. The minimum absolute atomic E-state index is 0.906. The summed E-state index contributed by atoms with van der Waals surface area (Å²) in [4.78, 5) is 8.71. The quantitative estimate of drug-likeness (QED) is 0.266. The zero-order valence-electron chi connectivity index (χ0n) is 17.7. The van der Waals surface area contributed by atoms with Crippen LogP contribution in [-0.2, 0) is 0 Å². The number of benzene rings is 4. The van der Waals surface area contributed by atoms with Crippen LogP contribution in [0.4, 0.5) is 0 Å². The highest BCUT2D eigenvalue weighted by molar-refractivity contribution is 9.10. The first kappa shape index (κ1) is 19.8. The molecule has 0 spiro atoms. The lowest BCUT2D eigenvalue weighted by atomic mass is 10.0. The molecule has 0 aliphatic carbocycles. The van der Waals surface area contributed by atoms with Crippen LogP contribution in [0.3, 0.4) is 0 Å². The van der Waals surface area contributed by atoms with E-state index in [0.717, 1.165) is 55.0 Å². The fraction of sp³-hybridized carbons (Fsp3) is 0. The van der Waals surface area contributed by atoms with Crippen molar-refractivity contribution < 1.29 is 0 Å². The molecule has 0 atom stereocenters. The lowest BCUT2D eigenvalue weighted by Gasteiger charge is -2.13. The van der Waals surface area contributed by atoms with E-state index < -0.39 is 0 Å². The summed E-state index contributed by atoms with van der Waals surface area (Å²) in [6.45, 7) is 0. The number of nitrogens with zero attached hydrogens (tertiary/aromatic N) is 2. The van der Waals surface area contributed by atoms with Gasteiger partial charge in [-0.1, -0.05) is 94.8 Å². The summed E-state index contributed by atoms with van der Waals surface area (Å²) in [7, 11) is 0. The van der Waals surface area contributed by atoms with E-state index in [1.807, 2.05) is 18.2 Å². The Labute approximate surface area is 200 Å². The normalized spacial score (nSPS) is 11.2. The highest BCUT2D eigenvalue weighted by Crippen LogP contribution is 2.40. The first-order valence-electron chi connectivity index (χ1n) is 10.9. The fourth-order valence-electron chi connectivity index (χ4n) is 4.37. The van der Waals surface area contributed by atoms with Crippen LogP contribution in [-0.4, -0.2) is 14.5 Å². The van der Waals surface area contributed by atoms with Gasteiger partial charge in [-0.2, -0.15) is 0 Å². The van der Waals surface area contributed by atoms with Gasteiger partial charge in [-0.05, 0) is 30.3 Å². The maximum Gasteiger partial charge on any atom is 0.147 e. The number of imidazole rings is 1. The summed E-state index contributed by atoms with van der Waals surface area (Å²) in [5, 5.41) is 1.13. The molecule has 4 heteroatoms. The topological polar surface area (TPSA) is 33.6 Å². The van der Waals surface area contributed by atoms with Crippen molar-refractivity contribution in [1.82, 2.24) is 14.5 Å². The largest absolute Gasteiger partial charge is 0.360 e. The molecule has 0 aliphatic heterocycles. The van der Waals surface area contributed by atoms with Crippen molar-refractivity contribution in [3.63, 3.8) is 0 Å². The SMILES string of the molecule is Brc1ccc2[nH]cc(-c3nc(-c4ccccc4)c(-c4ccccc4)n3-c3ccccc3)c2c1. The van der Waals surface area contributed by atoms with E-state index in [1.54, 1.807) is 0 Å². The lowest BCUT2D eigenvalue weighted by Crippen LogP contribution is -2.00. The number of H-pyrrole nitrogens is 1. The van der Waals surface area contributed by atoms with Crippen LogP contribution in [0, 0.1) is 0 Å². The monoisotopic (exact) mass is 489 g/mol. The molecule has 2 aromatic heterocycles. The van der Waals surface area contributed by atoms with Crippen molar-refractivity contribution in [2.75, 3.05) is 0 Å². The number of aromatic amines is 1. The zero-order valence-corrected chi connectivity index (χ0v) is 19.3. The molecule has 0 radical (unpaired) electrons. The first-order valence-corrected chi connectivity index (χ1v) is 11.6. The van der Waals surface area contributed by atoms with Crippen LogP contribution in [0.25, 0.3) is 50.5 Å². The molecule has 0 saturated carbocycles. The molecule has 6 rings (SSSR count). The van der Waals surface area contributed by atoms with Crippen LogP contribution in [0.1, 0.15) is 0 Å². The molecule has 0 saturated heterocycles. The van der Waals surface area contributed by atoms with Crippen molar-refractivity contribution in [1.29, 1.82) is 0 Å². The third-order valence-electron chi connectivity index (χ3n) is 5.87. The van der Waals surface area contributed by atoms with Gasteiger partial charge in [0.05, 0.1) is 11.4 Å². The molecular formula is C29H20BrN3. The zero-order chi connectivity index (χ0) is 22.2. The van der Waals surface area contributed by atoms with E-state index in [1.165, 1.54) is 0 Å². The minimum Gasteiger partial charge on any atom is -0.360 e. The highest BCUT2D eigenvalue weighted by Gasteiger charge is 2.23. The van der Waals surface area contributed by atoms with Crippen molar-refractivity contribution >= 4 is 26.8 Å². The second-order valence-corrected chi connectivity index (χ2v) is 8.84. The summed E-state index contributed by atoms with van der Waals surface area (Å²) < 4.78 is 3.32. The molecule has 2 heterocycles. The van der Waals surface area contributed by atoms with Crippen molar-refractivity contribution in [3.05, 3.63) is 120 Å². The van der Waals surface area contributed by atoms with Crippen molar-refractivity contribution in [2.24, 2.45) is 0 Å². The predicted octanol–water partition coefficient (Wildman–Crippen LogP) is 8.12. The minimum atomic E-state index is 0.906. The van der Waals surface area contributed by atoms with E-state index in [9.17, 15) is 0 Å². The molecule has 33 heavy (non-hydrogen) atoms. The third kappa shape index (κ3) is 3.49. The van der Waals surface area contributed by atoms with Gasteiger partial charge in [-0.25, -0.2) is 4.98 Å². The predicted molar refractivity (Wildman–Crippen MR) is 139 cm³/mol. The maximum atomic E-state index is 5.28. The number of halogens is 1. The van der Waals surface area contributed by atoms with Crippen LogP contribution in [0.5, 0.6) is 0 Å². The molecule has 158 valence electrons.